The molecular formula is C18H23NO3S2. The molecule has 1 aromatic carbocycles. The molecule has 1 heterocycles. The molecule has 0 saturated heterocycles. The summed E-state index contributed by atoms with van der Waals surface area (Å²) in [6, 6.07) is 8.91. The molecule has 1 aliphatic carbocycles. The fraction of sp³-hybridized carbons (Fsp3) is 0.500. The van der Waals surface area contributed by atoms with Crippen LogP contribution in [-0.4, -0.2) is 24.3 Å². The van der Waals surface area contributed by atoms with Gasteiger partial charge < -0.3 is 5.11 Å². The normalized spacial score (nSPS) is 17.7. The van der Waals surface area contributed by atoms with Gasteiger partial charge in [-0.2, -0.15) is 0 Å². The molecule has 1 aliphatic rings. The molecule has 2 aromatic rings. The molecule has 1 fully saturated rings. The Balaban J connectivity index is 1.63. The van der Waals surface area contributed by atoms with E-state index < -0.39 is 15.9 Å². The lowest BCUT2D eigenvalue weighted by Crippen LogP contribution is -2.16. The number of aliphatic hydroxyl groups excluding tert-OH is 1. The number of benzene rings is 1. The molecule has 1 N–H and O–H groups in total. The Hall–Kier alpha value is -1.24. The minimum atomic E-state index is -3.41. The van der Waals surface area contributed by atoms with Gasteiger partial charge in [0.15, 0.2) is 9.84 Å². The van der Waals surface area contributed by atoms with E-state index in [1.807, 2.05) is 11.4 Å². The topological polar surface area (TPSA) is 67.3 Å². The maximum atomic E-state index is 12.4. The Kier molecular flexibility index (Phi) is 5.69. The lowest BCUT2D eigenvalue weighted by Gasteiger charge is -2.18. The molecular weight excluding hydrogens is 342 g/mol. The van der Waals surface area contributed by atoms with Gasteiger partial charge in [-0.05, 0) is 18.4 Å². The summed E-state index contributed by atoms with van der Waals surface area (Å²) in [5.41, 5.74) is 1.24. The van der Waals surface area contributed by atoms with Crippen LogP contribution in [0.3, 0.4) is 0 Å². The second-order valence-corrected chi connectivity index (χ2v) is 9.49. The van der Waals surface area contributed by atoms with Gasteiger partial charge in [0.25, 0.3) is 0 Å². The van der Waals surface area contributed by atoms with Crippen molar-refractivity contribution in [2.75, 3.05) is 5.75 Å². The Morgan fingerprint density at radius 3 is 2.58 bits per heavy atom. The number of aliphatic hydroxyl groups is 1. The Morgan fingerprint density at radius 2 is 1.88 bits per heavy atom. The molecule has 1 atom stereocenters. The number of hydrogen-bond acceptors (Lipinski definition) is 5. The molecule has 0 unspecified atom stereocenters. The van der Waals surface area contributed by atoms with E-state index in [1.165, 1.54) is 19.3 Å². The highest BCUT2D eigenvalue weighted by atomic mass is 32.2. The maximum absolute atomic E-state index is 12.4. The van der Waals surface area contributed by atoms with Crippen molar-refractivity contribution in [3.8, 4) is 0 Å². The van der Waals surface area contributed by atoms with Gasteiger partial charge in [-0.25, -0.2) is 13.4 Å². The van der Waals surface area contributed by atoms with E-state index >= 15 is 0 Å². The molecule has 6 heteroatoms. The lowest BCUT2D eigenvalue weighted by molar-refractivity contribution is 0.201. The van der Waals surface area contributed by atoms with E-state index in [4.69, 9.17) is 0 Å². The van der Waals surface area contributed by atoms with Gasteiger partial charge in [-0.1, -0.05) is 49.6 Å². The van der Waals surface area contributed by atoms with Crippen molar-refractivity contribution in [3.63, 3.8) is 0 Å². The second-order valence-electron chi connectivity index (χ2n) is 6.49. The first kappa shape index (κ1) is 17.6. The molecule has 1 saturated carbocycles. The molecule has 4 nitrogen and oxygen atoms in total. The zero-order chi connectivity index (χ0) is 17.0. The van der Waals surface area contributed by atoms with Crippen LogP contribution in [0.1, 0.15) is 60.4 Å². The van der Waals surface area contributed by atoms with E-state index in [2.05, 4.69) is 4.98 Å². The van der Waals surface area contributed by atoms with Crippen molar-refractivity contribution in [3.05, 3.63) is 52.0 Å². The van der Waals surface area contributed by atoms with Crippen LogP contribution >= 0.6 is 11.3 Å². The highest BCUT2D eigenvalue weighted by Crippen LogP contribution is 2.34. The van der Waals surface area contributed by atoms with Gasteiger partial charge in [-0.3, -0.25) is 0 Å². The summed E-state index contributed by atoms with van der Waals surface area (Å²) >= 11 is 1.57. The van der Waals surface area contributed by atoms with E-state index in [-0.39, 0.29) is 11.5 Å². The maximum Gasteiger partial charge on any atom is 0.158 e. The predicted molar refractivity (Wildman–Crippen MR) is 96.8 cm³/mol. The third kappa shape index (κ3) is 4.65. The quantitative estimate of drug-likeness (QED) is 0.844. The third-order valence-electron chi connectivity index (χ3n) is 4.49. The molecule has 1 aromatic heterocycles. The minimum absolute atomic E-state index is 0.0971. The first-order valence-electron chi connectivity index (χ1n) is 8.41. The van der Waals surface area contributed by atoms with Crippen LogP contribution in [0.15, 0.2) is 35.7 Å². The predicted octanol–water partition coefficient (Wildman–Crippen LogP) is 3.84. The highest BCUT2D eigenvalue weighted by Gasteiger charge is 2.23. The highest BCUT2D eigenvalue weighted by molar-refractivity contribution is 7.90. The molecule has 0 radical (unpaired) electrons. The summed E-state index contributed by atoms with van der Waals surface area (Å²) in [5.74, 6) is 0.128. The van der Waals surface area contributed by atoms with E-state index in [0.717, 1.165) is 17.8 Å². The molecule has 0 aliphatic heterocycles. The van der Waals surface area contributed by atoms with Crippen molar-refractivity contribution in [1.29, 1.82) is 0 Å². The summed E-state index contributed by atoms with van der Waals surface area (Å²) in [5, 5.41) is 13.1. The van der Waals surface area contributed by atoms with Crippen molar-refractivity contribution >= 4 is 21.2 Å². The third-order valence-corrected chi connectivity index (χ3v) is 7.10. The van der Waals surface area contributed by atoms with Crippen molar-refractivity contribution in [2.24, 2.45) is 0 Å². The van der Waals surface area contributed by atoms with Crippen LogP contribution in [0, 0.1) is 0 Å². The van der Waals surface area contributed by atoms with Crippen molar-refractivity contribution in [1.82, 2.24) is 4.98 Å². The van der Waals surface area contributed by atoms with Crippen molar-refractivity contribution < 1.29 is 13.5 Å². The fourth-order valence-corrected chi connectivity index (χ4v) is 5.71. The number of hydrogen-bond donors (Lipinski definition) is 1. The zero-order valence-electron chi connectivity index (χ0n) is 13.6. The van der Waals surface area contributed by atoms with Crippen molar-refractivity contribution in [2.45, 2.75) is 49.9 Å². The standard InChI is InChI=1S/C18H23NO3S2/c20-17(14-7-3-1-4-8-14)13-24(21,22)12-16-11-23-18(19-16)15-9-5-2-6-10-15/h1,3-4,7-8,11,15,17,20H,2,5-6,9-10,12-13H2/t17-/m1/s1. The number of rotatable bonds is 6. The average molecular weight is 366 g/mol. The van der Waals surface area contributed by atoms with E-state index in [9.17, 15) is 13.5 Å². The lowest BCUT2D eigenvalue weighted by atomic mass is 9.90. The molecule has 24 heavy (non-hydrogen) atoms. The van der Waals surface area contributed by atoms with Gasteiger partial charge in [0.2, 0.25) is 0 Å². The minimum Gasteiger partial charge on any atom is -0.387 e. The molecule has 3 rings (SSSR count). The molecule has 0 amide bonds. The Labute approximate surface area is 147 Å². The van der Waals surface area contributed by atoms with E-state index in [1.54, 1.807) is 35.6 Å². The van der Waals surface area contributed by atoms with Crippen LogP contribution in [0.25, 0.3) is 0 Å². The Bertz CT molecular complexity index is 750. The van der Waals surface area contributed by atoms with E-state index in [0.29, 0.717) is 17.2 Å². The smallest absolute Gasteiger partial charge is 0.158 e. The van der Waals surface area contributed by atoms with Gasteiger partial charge >= 0.3 is 0 Å². The number of aromatic nitrogens is 1. The Morgan fingerprint density at radius 1 is 1.17 bits per heavy atom. The summed E-state index contributed by atoms with van der Waals surface area (Å²) in [6.45, 7) is 0. The molecule has 0 spiro atoms. The first-order chi connectivity index (χ1) is 11.5. The van der Waals surface area contributed by atoms with Crippen LogP contribution in [0.4, 0.5) is 0 Å². The SMILES string of the molecule is O=S(=O)(Cc1csc(C2CCCCC2)n1)C[C@@H](O)c1ccccc1. The average Bonchev–Trinajstić information content (AvgIpc) is 3.03. The summed E-state index contributed by atoms with van der Waals surface area (Å²) in [6.07, 6.45) is 5.09. The van der Waals surface area contributed by atoms with Crippen LogP contribution < -0.4 is 0 Å². The largest absolute Gasteiger partial charge is 0.387 e. The number of sulfone groups is 1. The summed E-state index contributed by atoms with van der Waals surface area (Å²) < 4.78 is 24.7. The van der Waals surface area contributed by atoms with Gasteiger partial charge in [0.05, 0.1) is 28.3 Å². The monoisotopic (exact) mass is 365 g/mol. The number of nitrogens with zero attached hydrogens (tertiary/aromatic N) is 1. The van der Waals surface area contributed by atoms with Crippen LogP contribution in [0.5, 0.6) is 0 Å². The van der Waals surface area contributed by atoms with Gasteiger partial charge in [0, 0.05) is 11.3 Å². The fourth-order valence-electron chi connectivity index (χ4n) is 3.22. The molecule has 130 valence electrons. The summed E-state index contributed by atoms with van der Waals surface area (Å²) in [7, 11) is -3.41. The zero-order valence-corrected chi connectivity index (χ0v) is 15.2. The van der Waals surface area contributed by atoms with Crippen LogP contribution in [-0.2, 0) is 15.6 Å². The summed E-state index contributed by atoms with van der Waals surface area (Å²) in [4.78, 5) is 4.56. The first-order valence-corrected chi connectivity index (χ1v) is 11.1. The van der Waals surface area contributed by atoms with Gasteiger partial charge in [-0.15, -0.1) is 11.3 Å². The molecule has 0 bridgehead atoms. The second kappa shape index (κ2) is 7.76. The van der Waals surface area contributed by atoms with Gasteiger partial charge in [0.1, 0.15) is 0 Å². The number of thiazole rings is 1. The van der Waals surface area contributed by atoms with Crippen LogP contribution in [0.2, 0.25) is 0 Å².